The summed E-state index contributed by atoms with van der Waals surface area (Å²) < 4.78 is 11.3. The van der Waals surface area contributed by atoms with Gasteiger partial charge in [0, 0.05) is 5.39 Å². The van der Waals surface area contributed by atoms with Crippen LogP contribution in [0.25, 0.3) is 53.9 Å². The Balaban J connectivity index is 1.94. The first-order valence-corrected chi connectivity index (χ1v) is 10.1. The highest BCUT2D eigenvalue weighted by molar-refractivity contribution is 6.35. The van der Waals surface area contributed by atoms with Crippen molar-refractivity contribution in [1.29, 1.82) is 0 Å². The molecule has 144 valence electrons. The molecule has 2 heteroatoms. The van der Waals surface area contributed by atoms with Gasteiger partial charge in [-0.3, -0.25) is 0 Å². The van der Waals surface area contributed by atoms with Crippen LogP contribution in [0.15, 0.2) is 84.9 Å². The lowest BCUT2D eigenvalue weighted by atomic mass is 9.89. The Hall–Kier alpha value is -3.78. The minimum absolute atomic E-state index is 0.750. The van der Waals surface area contributed by atoms with Gasteiger partial charge in [-0.2, -0.15) is 0 Å². The Morgan fingerprint density at radius 3 is 1.63 bits per heavy atom. The lowest BCUT2D eigenvalue weighted by Crippen LogP contribution is -1.93. The molecule has 0 fully saturated rings. The predicted molar refractivity (Wildman–Crippen MR) is 127 cm³/mol. The Bertz CT molecular complexity index is 1590. The maximum Gasteiger partial charge on any atom is 0.168 e. The number of hydrogen-bond acceptors (Lipinski definition) is 2. The summed E-state index contributed by atoms with van der Waals surface area (Å²) in [7, 11) is 3.38. The summed E-state index contributed by atoms with van der Waals surface area (Å²) >= 11 is 0. The summed E-state index contributed by atoms with van der Waals surface area (Å²) in [5.74, 6) is 1.53. The fourth-order valence-electron chi connectivity index (χ4n) is 4.95. The van der Waals surface area contributed by atoms with Gasteiger partial charge < -0.3 is 9.47 Å². The van der Waals surface area contributed by atoms with E-state index in [1.54, 1.807) is 14.2 Å². The van der Waals surface area contributed by atoms with Crippen LogP contribution < -0.4 is 9.47 Å². The van der Waals surface area contributed by atoms with Crippen molar-refractivity contribution in [2.45, 2.75) is 0 Å². The number of methoxy groups -OCH3 is 2. The first-order chi connectivity index (χ1) is 14.8. The zero-order chi connectivity index (χ0) is 20.2. The van der Waals surface area contributed by atoms with Crippen molar-refractivity contribution in [3.05, 3.63) is 84.9 Å². The molecule has 0 radical (unpaired) electrons. The molecule has 0 saturated heterocycles. The van der Waals surface area contributed by atoms with E-state index in [1.165, 1.54) is 48.5 Å². The zero-order valence-electron chi connectivity index (χ0n) is 16.9. The van der Waals surface area contributed by atoms with Crippen LogP contribution in [0.4, 0.5) is 0 Å². The van der Waals surface area contributed by atoms with Gasteiger partial charge in [-0.15, -0.1) is 0 Å². The normalized spacial score (nSPS) is 11.7. The highest BCUT2D eigenvalue weighted by atomic mass is 16.5. The quantitative estimate of drug-likeness (QED) is 0.286. The van der Waals surface area contributed by atoms with E-state index in [0.29, 0.717) is 0 Å². The first-order valence-electron chi connectivity index (χ1n) is 10.1. The van der Waals surface area contributed by atoms with Crippen LogP contribution in [0.2, 0.25) is 0 Å². The molecule has 0 amide bonds. The van der Waals surface area contributed by atoms with E-state index in [0.717, 1.165) is 16.9 Å². The zero-order valence-corrected chi connectivity index (χ0v) is 16.9. The van der Waals surface area contributed by atoms with Gasteiger partial charge in [0.25, 0.3) is 0 Å². The number of benzene rings is 6. The second kappa shape index (κ2) is 6.36. The molecule has 0 unspecified atom stereocenters. The van der Waals surface area contributed by atoms with Crippen LogP contribution in [0.1, 0.15) is 0 Å². The van der Waals surface area contributed by atoms with Crippen molar-refractivity contribution in [3.8, 4) is 11.5 Å². The topological polar surface area (TPSA) is 18.5 Å². The van der Waals surface area contributed by atoms with Crippen molar-refractivity contribution in [2.24, 2.45) is 0 Å². The van der Waals surface area contributed by atoms with Crippen LogP contribution in [0.5, 0.6) is 11.5 Å². The third-order valence-electron chi connectivity index (χ3n) is 6.22. The average Bonchev–Trinajstić information content (AvgIpc) is 2.82. The van der Waals surface area contributed by atoms with Crippen molar-refractivity contribution < 1.29 is 9.47 Å². The van der Waals surface area contributed by atoms with Gasteiger partial charge in [-0.1, -0.05) is 66.7 Å². The number of fused-ring (bicyclic) bond motifs is 10. The van der Waals surface area contributed by atoms with E-state index >= 15 is 0 Å². The maximum atomic E-state index is 5.73. The standard InChI is InChI=1S/C28H20O2/c1-29-25-16-15-23-24(28(25)30-2)14-13-22-21-12-11-17-7-3-4-8-18(17)26(21)19-9-5-6-10-20(19)27(22)23/h3-16H,1-2H3. The van der Waals surface area contributed by atoms with E-state index in [9.17, 15) is 0 Å². The number of ether oxygens (including phenoxy) is 2. The minimum Gasteiger partial charge on any atom is -0.493 e. The Morgan fingerprint density at radius 2 is 0.933 bits per heavy atom. The van der Waals surface area contributed by atoms with Gasteiger partial charge in [-0.05, 0) is 66.7 Å². The molecule has 2 nitrogen and oxygen atoms in total. The van der Waals surface area contributed by atoms with Gasteiger partial charge in [0.1, 0.15) is 0 Å². The molecule has 0 bridgehead atoms. The molecule has 0 N–H and O–H groups in total. The molecule has 30 heavy (non-hydrogen) atoms. The molecule has 0 saturated carbocycles. The summed E-state index contributed by atoms with van der Waals surface area (Å²) in [6.07, 6.45) is 0. The van der Waals surface area contributed by atoms with E-state index in [4.69, 9.17) is 9.47 Å². The van der Waals surface area contributed by atoms with Crippen LogP contribution in [-0.2, 0) is 0 Å². The second-order valence-electron chi connectivity index (χ2n) is 7.64. The Morgan fingerprint density at radius 1 is 0.433 bits per heavy atom. The monoisotopic (exact) mass is 388 g/mol. The van der Waals surface area contributed by atoms with E-state index < -0.39 is 0 Å². The summed E-state index contributed by atoms with van der Waals surface area (Å²) in [5.41, 5.74) is 0. The minimum atomic E-state index is 0.750. The smallest absolute Gasteiger partial charge is 0.168 e. The predicted octanol–water partition coefficient (Wildman–Crippen LogP) is 7.47. The van der Waals surface area contributed by atoms with Crippen LogP contribution in [0, 0.1) is 0 Å². The molecule has 0 aliphatic carbocycles. The van der Waals surface area contributed by atoms with Crippen LogP contribution >= 0.6 is 0 Å². The molecule has 6 aromatic rings. The summed E-state index contributed by atoms with van der Waals surface area (Å²) in [5, 5.41) is 12.4. The Kier molecular flexibility index (Phi) is 3.63. The molecule has 0 aromatic heterocycles. The number of hydrogen-bond donors (Lipinski definition) is 0. The molecule has 6 aromatic carbocycles. The highest BCUT2D eigenvalue weighted by Gasteiger charge is 2.16. The van der Waals surface area contributed by atoms with Gasteiger partial charge in [0.2, 0.25) is 0 Å². The van der Waals surface area contributed by atoms with Gasteiger partial charge in [-0.25, -0.2) is 0 Å². The van der Waals surface area contributed by atoms with Gasteiger partial charge in [0.05, 0.1) is 14.2 Å². The summed E-state index contributed by atoms with van der Waals surface area (Å²) in [4.78, 5) is 0. The summed E-state index contributed by atoms with van der Waals surface area (Å²) in [6, 6.07) is 30.4. The van der Waals surface area contributed by atoms with Crippen LogP contribution in [0.3, 0.4) is 0 Å². The lowest BCUT2D eigenvalue weighted by Gasteiger charge is -2.16. The summed E-state index contributed by atoms with van der Waals surface area (Å²) in [6.45, 7) is 0. The fraction of sp³-hybridized carbons (Fsp3) is 0.0714. The SMILES string of the molecule is COc1ccc2c(ccc3c4ccc5ccccc5c4c4ccccc4c23)c1OC. The van der Waals surface area contributed by atoms with Crippen LogP contribution in [-0.4, -0.2) is 14.2 Å². The molecular weight excluding hydrogens is 368 g/mol. The third kappa shape index (κ3) is 2.19. The molecule has 6 rings (SSSR count). The molecular formula is C28H20O2. The highest BCUT2D eigenvalue weighted by Crippen LogP contribution is 2.44. The van der Waals surface area contributed by atoms with Gasteiger partial charge >= 0.3 is 0 Å². The van der Waals surface area contributed by atoms with Gasteiger partial charge in [0.15, 0.2) is 11.5 Å². The fourth-order valence-corrected chi connectivity index (χ4v) is 4.95. The molecule has 0 heterocycles. The van der Waals surface area contributed by atoms with E-state index in [-0.39, 0.29) is 0 Å². The Labute approximate surface area is 174 Å². The largest absolute Gasteiger partial charge is 0.493 e. The first kappa shape index (κ1) is 17.1. The van der Waals surface area contributed by atoms with E-state index in [2.05, 4.69) is 78.9 Å². The molecule has 0 aliphatic rings. The van der Waals surface area contributed by atoms with E-state index in [1.807, 2.05) is 6.07 Å². The maximum absolute atomic E-state index is 5.73. The second-order valence-corrected chi connectivity index (χ2v) is 7.64. The third-order valence-corrected chi connectivity index (χ3v) is 6.22. The van der Waals surface area contributed by atoms with Crippen molar-refractivity contribution in [2.75, 3.05) is 14.2 Å². The van der Waals surface area contributed by atoms with Crippen molar-refractivity contribution in [1.82, 2.24) is 0 Å². The average molecular weight is 388 g/mol. The van der Waals surface area contributed by atoms with Crippen molar-refractivity contribution >= 4 is 53.9 Å². The molecule has 0 spiro atoms. The molecule has 0 aliphatic heterocycles. The molecule has 0 atom stereocenters. The number of rotatable bonds is 2. The van der Waals surface area contributed by atoms with Crippen molar-refractivity contribution in [3.63, 3.8) is 0 Å². The lowest BCUT2D eigenvalue weighted by molar-refractivity contribution is 0.358.